The van der Waals surface area contributed by atoms with Crippen molar-refractivity contribution in [1.29, 1.82) is 0 Å². The summed E-state index contributed by atoms with van der Waals surface area (Å²) in [6.07, 6.45) is 0.168. The lowest BCUT2D eigenvalue weighted by Gasteiger charge is -2.17. The third-order valence-corrected chi connectivity index (χ3v) is 2.96. The summed E-state index contributed by atoms with van der Waals surface area (Å²) in [5.41, 5.74) is 13.5. The van der Waals surface area contributed by atoms with E-state index in [1.807, 2.05) is 32.0 Å². The van der Waals surface area contributed by atoms with Gasteiger partial charge in [-0.05, 0) is 37.5 Å². The second kappa shape index (κ2) is 6.75. The summed E-state index contributed by atoms with van der Waals surface area (Å²) < 4.78 is 0. The van der Waals surface area contributed by atoms with Crippen molar-refractivity contribution >= 4 is 17.6 Å². The molecular weight excluding hydrogens is 246 g/mol. The molecule has 0 aromatic heterocycles. The van der Waals surface area contributed by atoms with Crippen LogP contribution in [-0.4, -0.2) is 23.0 Å². The van der Waals surface area contributed by atoms with Crippen LogP contribution in [0.4, 0.5) is 5.69 Å². The Morgan fingerprint density at radius 3 is 2.63 bits per heavy atom. The second-order valence-electron chi connectivity index (χ2n) is 4.41. The predicted octanol–water partition coefficient (Wildman–Crippen LogP) is 0.939. The number of carboxylic acid groups (broad SMARTS) is 1. The average molecular weight is 265 g/mol. The summed E-state index contributed by atoms with van der Waals surface area (Å²) in [6.45, 7) is 3.92. The number of carbonyl (C=O) groups is 2. The van der Waals surface area contributed by atoms with Gasteiger partial charge in [-0.2, -0.15) is 0 Å². The standard InChI is InChI=1S/C13H19N3O3/c1-8-4-3-5-10(9(8)2)15-16-11(13(18)19)6-7-12(14)17/h3-5,11,15-16H,6-7H2,1-2H3,(H2,14,17)(H,18,19)/t11-/m0/s1. The molecule has 0 aliphatic heterocycles. The van der Waals surface area contributed by atoms with E-state index in [0.717, 1.165) is 16.8 Å². The minimum Gasteiger partial charge on any atom is -0.480 e. The number of carboxylic acids is 1. The lowest BCUT2D eigenvalue weighted by Crippen LogP contribution is -2.41. The van der Waals surface area contributed by atoms with Crippen LogP contribution in [0.3, 0.4) is 0 Å². The van der Waals surface area contributed by atoms with Crippen molar-refractivity contribution in [3.63, 3.8) is 0 Å². The number of primary amides is 1. The maximum atomic E-state index is 11.0. The number of aliphatic carboxylic acids is 1. The van der Waals surface area contributed by atoms with Crippen LogP contribution < -0.4 is 16.6 Å². The van der Waals surface area contributed by atoms with Gasteiger partial charge in [0, 0.05) is 6.42 Å². The van der Waals surface area contributed by atoms with Gasteiger partial charge in [-0.15, -0.1) is 0 Å². The van der Waals surface area contributed by atoms with E-state index in [-0.39, 0.29) is 12.8 Å². The molecule has 1 aromatic rings. The first kappa shape index (κ1) is 15.0. The molecule has 1 atom stereocenters. The molecule has 0 bridgehead atoms. The van der Waals surface area contributed by atoms with Crippen LogP contribution in [0, 0.1) is 13.8 Å². The fourth-order valence-electron chi connectivity index (χ4n) is 1.60. The molecule has 0 unspecified atom stereocenters. The molecule has 0 spiro atoms. The highest BCUT2D eigenvalue weighted by Gasteiger charge is 2.17. The van der Waals surface area contributed by atoms with E-state index in [9.17, 15) is 9.59 Å². The minimum absolute atomic E-state index is 0.0262. The largest absolute Gasteiger partial charge is 0.480 e. The van der Waals surface area contributed by atoms with Crippen molar-refractivity contribution in [2.45, 2.75) is 32.7 Å². The number of anilines is 1. The molecule has 0 saturated heterocycles. The van der Waals surface area contributed by atoms with Gasteiger partial charge in [0.1, 0.15) is 6.04 Å². The van der Waals surface area contributed by atoms with Crippen molar-refractivity contribution in [2.24, 2.45) is 5.73 Å². The Kier molecular flexibility index (Phi) is 5.32. The summed E-state index contributed by atoms with van der Waals surface area (Å²) in [4.78, 5) is 21.7. The lowest BCUT2D eigenvalue weighted by molar-refractivity contribution is -0.139. The fourth-order valence-corrected chi connectivity index (χ4v) is 1.60. The predicted molar refractivity (Wildman–Crippen MR) is 72.5 cm³/mol. The topological polar surface area (TPSA) is 104 Å². The molecule has 0 saturated carbocycles. The number of amides is 1. The maximum Gasteiger partial charge on any atom is 0.322 e. The van der Waals surface area contributed by atoms with Crippen molar-refractivity contribution in [3.8, 4) is 0 Å². The zero-order chi connectivity index (χ0) is 14.4. The molecule has 0 radical (unpaired) electrons. The molecule has 0 fully saturated rings. The smallest absolute Gasteiger partial charge is 0.322 e. The van der Waals surface area contributed by atoms with Gasteiger partial charge in [0.05, 0.1) is 5.69 Å². The summed E-state index contributed by atoms with van der Waals surface area (Å²) in [7, 11) is 0. The molecule has 104 valence electrons. The van der Waals surface area contributed by atoms with Crippen molar-refractivity contribution in [3.05, 3.63) is 29.3 Å². The number of hydrogen-bond donors (Lipinski definition) is 4. The highest BCUT2D eigenvalue weighted by Crippen LogP contribution is 2.17. The second-order valence-corrected chi connectivity index (χ2v) is 4.41. The molecule has 5 N–H and O–H groups in total. The van der Waals surface area contributed by atoms with Crippen LogP contribution in [-0.2, 0) is 9.59 Å². The summed E-state index contributed by atoms with van der Waals surface area (Å²) >= 11 is 0. The van der Waals surface area contributed by atoms with Gasteiger partial charge >= 0.3 is 5.97 Å². The Morgan fingerprint density at radius 2 is 2.05 bits per heavy atom. The lowest BCUT2D eigenvalue weighted by atomic mass is 10.1. The van der Waals surface area contributed by atoms with Crippen LogP contribution in [0.2, 0.25) is 0 Å². The molecule has 0 aliphatic rings. The number of rotatable bonds is 7. The highest BCUT2D eigenvalue weighted by atomic mass is 16.4. The summed E-state index contributed by atoms with van der Waals surface area (Å²) in [5, 5.41) is 9.03. The molecule has 19 heavy (non-hydrogen) atoms. The van der Waals surface area contributed by atoms with E-state index in [0.29, 0.717) is 0 Å². The van der Waals surface area contributed by atoms with Crippen LogP contribution >= 0.6 is 0 Å². The van der Waals surface area contributed by atoms with E-state index in [2.05, 4.69) is 10.9 Å². The molecule has 1 amide bonds. The van der Waals surface area contributed by atoms with Crippen LogP contribution in [0.25, 0.3) is 0 Å². The van der Waals surface area contributed by atoms with Gasteiger partial charge in [-0.3, -0.25) is 9.59 Å². The zero-order valence-corrected chi connectivity index (χ0v) is 11.1. The van der Waals surface area contributed by atoms with E-state index >= 15 is 0 Å². The van der Waals surface area contributed by atoms with E-state index in [4.69, 9.17) is 10.8 Å². The first-order valence-electron chi connectivity index (χ1n) is 6.00. The number of aryl methyl sites for hydroxylation is 1. The highest BCUT2D eigenvalue weighted by molar-refractivity contribution is 5.77. The Labute approximate surface area is 112 Å². The Balaban J connectivity index is 2.63. The maximum absolute atomic E-state index is 11.0. The zero-order valence-electron chi connectivity index (χ0n) is 11.1. The van der Waals surface area contributed by atoms with Crippen molar-refractivity contribution in [2.75, 3.05) is 5.43 Å². The van der Waals surface area contributed by atoms with E-state index < -0.39 is 17.9 Å². The number of carbonyl (C=O) groups excluding carboxylic acids is 1. The Bertz CT molecular complexity index is 474. The third kappa shape index (κ3) is 4.59. The minimum atomic E-state index is -1.03. The van der Waals surface area contributed by atoms with Gasteiger partial charge in [-0.25, -0.2) is 5.43 Å². The molecule has 1 rings (SSSR count). The van der Waals surface area contributed by atoms with Crippen molar-refractivity contribution < 1.29 is 14.7 Å². The SMILES string of the molecule is Cc1cccc(NN[C@@H](CCC(N)=O)C(=O)O)c1C. The van der Waals surface area contributed by atoms with Gasteiger partial charge in [0.25, 0.3) is 0 Å². The van der Waals surface area contributed by atoms with Crippen molar-refractivity contribution in [1.82, 2.24) is 5.43 Å². The summed E-state index contributed by atoms with van der Waals surface area (Å²) in [6, 6.07) is 4.84. The number of hydrazine groups is 1. The average Bonchev–Trinajstić information content (AvgIpc) is 2.33. The molecule has 0 aliphatic carbocycles. The molecule has 1 aromatic carbocycles. The fraction of sp³-hybridized carbons (Fsp3) is 0.385. The van der Waals surface area contributed by atoms with Gasteiger partial charge in [0.2, 0.25) is 5.91 Å². The Hall–Kier alpha value is -2.08. The van der Waals surface area contributed by atoms with Crippen LogP contribution in [0.15, 0.2) is 18.2 Å². The van der Waals surface area contributed by atoms with E-state index in [1.165, 1.54) is 0 Å². The molecule has 0 heterocycles. The quantitative estimate of drug-likeness (QED) is 0.549. The van der Waals surface area contributed by atoms with Gasteiger partial charge in [-0.1, -0.05) is 12.1 Å². The third-order valence-electron chi connectivity index (χ3n) is 2.96. The first-order valence-corrected chi connectivity index (χ1v) is 6.00. The van der Waals surface area contributed by atoms with Gasteiger partial charge in [0.15, 0.2) is 0 Å². The number of nitrogens with one attached hydrogen (secondary N) is 2. The first-order chi connectivity index (χ1) is 8.91. The number of hydrogen-bond acceptors (Lipinski definition) is 4. The van der Waals surface area contributed by atoms with Crippen LogP contribution in [0.5, 0.6) is 0 Å². The van der Waals surface area contributed by atoms with Crippen LogP contribution in [0.1, 0.15) is 24.0 Å². The molecule has 6 nitrogen and oxygen atoms in total. The monoisotopic (exact) mass is 265 g/mol. The van der Waals surface area contributed by atoms with Gasteiger partial charge < -0.3 is 16.3 Å². The number of benzene rings is 1. The summed E-state index contributed by atoms with van der Waals surface area (Å²) in [5.74, 6) is -1.54. The molecule has 6 heteroatoms. The normalized spacial score (nSPS) is 11.9. The molecular formula is C13H19N3O3. The van der Waals surface area contributed by atoms with E-state index in [1.54, 1.807) is 0 Å². The number of nitrogens with two attached hydrogens (primary N) is 1. The Morgan fingerprint density at radius 1 is 1.37 bits per heavy atom.